The highest BCUT2D eigenvalue weighted by Crippen LogP contribution is 2.26. The van der Waals surface area contributed by atoms with Gasteiger partial charge in [-0.15, -0.1) is 0 Å². The van der Waals surface area contributed by atoms with Crippen LogP contribution in [0.25, 0.3) is 6.08 Å². The number of sulfonamides is 1. The molecule has 0 aromatic heterocycles. The van der Waals surface area contributed by atoms with Crippen molar-refractivity contribution in [3.63, 3.8) is 0 Å². The summed E-state index contributed by atoms with van der Waals surface area (Å²) < 4.78 is 32.3. The van der Waals surface area contributed by atoms with Gasteiger partial charge in [0, 0.05) is 6.61 Å². The van der Waals surface area contributed by atoms with Gasteiger partial charge in [-0.1, -0.05) is 24.3 Å². The van der Waals surface area contributed by atoms with Crippen molar-refractivity contribution in [1.29, 1.82) is 0 Å². The van der Waals surface area contributed by atoms with E-state index in [9.17, 15) is 13.2 Å². The first kappa shape index (κ1) is 15.2. The van der Waals surface area contributed by atoms with Crippen LogP contribution in [0.2, 0.25) is 0 Å². The monoisotopic (exact) mass is 321 g/mol. The van der Waals surface area contributed by atoms with Crippen molar-refractivity contribution >= 4 is 22.0 Å². The Labute approximate surface area is 130 Å². The van der Waals surface area contributed by atoms with Crippen molar-refractivity contribution in [3.05, 3.63) is 40.3 Å². The zero-order chi connectivity index (χ0) is 15.6. The second-order valence-electron chi connectivity index (χ2n) is 5.69. The lowest BCUT2D eigenvalue weighted by molar-refractivity contribution is -0.127. The van der Waals surface area contributed by atoms with Crippen molar-refractivity contribution < 1.29 is 17.9 Å². The maximum atomic E-state index is 12.4. The van der Waals surface area contributed by atoms with Crippen LogP contribution >= 0.6 is 0 Å². The van der Waals surface area contributed by atoms with Gasteiger partial charge in [0.1, 0.15) is 0 Å². The predicted octanol–water partition coefficient (Wildman–Crippen LogP) is 1.85. The van der Waals surface area contributed by atoms with E-state index in [1.807, 2.05) is 24.3 Å². The molecule has 1 amide bonds. The molecule has 6 heteroatoms. The van der Waals surface area contributed by atoms with Crippen LogP contribution in [0.15, 0.2) is 29.2 Å². The Morgan fingerprint density at radius 2 is 2.05 bits per heavy atom. The molecule has 0 radical (unpaired) electrons. The normalized spacial score (nSPS) is 21.6. The van der Waals surface area contributed by atoms with Crippen LogP contribution < -0.4 is 4.72 Å². The summed E-state index contributed by atoms with van der Waals surface area (Å²) in [7, 11) is -3.77. The van der Waals surface area contributed by atoms with Gasteiger partial charge in [-0.2, -0.15) is 0 Å². The van der Waals surface area contributed by atoms with Crippen molar-refractivity contribution in [2.75, 3.05) is 13.2 Å². The number of rotatable bonds is 3. The summed E-state index contributed by atoms with van der Waals surface area (Å²) in [6.45, 7) is 0.932. The quantitative estimate of drug-likeness (QED) is 0.922. The molecule has 1 N–H and O–H groups in total. The molecule has 1 heterocycles. The van der Waals surface area contributed by atoms with E-state index in [0.29, 0.717) is 32.5 Å². The number of hydrogen-bond donors (Lipinski definition) is 1. The number of amides is 1. The van der Waals surface area contributed by atoms with Gasteiger partial charge in [0.25, 0.3) is 10.0 Å². The van der Waals surface area contributed by atoms with Crippen molar-refractivity contribution in [3.8, 4) is 0 Å². The Hall–Kier alpha value is -1.66. The molecule has 1 aliphatic heterocycles. The summed E-state index contributed by atoms with van der Waals surface area (Å²) in [5, 5.41) is 0. The van der Waals surface area contributed by atoms with E-state index in [1.165, 1.54) is 0 Å². The Morgan fingerprint density at radius 3 is 2.82 bits per heavy atom. The third-order valence-corrected chi connectivity index (χ3v) is 5.61. The van der Waals surface area contributed by atoms with E-state index >= 15 is 0 Å². The average molecular weight is 321 g/mol. The van der Waals surface area contributed by atoms with Gasteiger partial charge in [0.15, 0.2) is 0 Å². The number of aryl methyl sites for hydroxylation is 1. The molecule has 1 aromatic carbocycles. The molecule has 5 nitrogen and oxygen atoms in total. The molecule has 0 saturated carbocycles. The fourth-order valence-electron chi connectivity index (χ4n) is 2.85. The predicted molar refractivity (Wildman–Crippen MR) is 83.3 cm³/mol. The maximum Gasteiger partial charge on any atom is 0.260 e. The Morgan fingerprint density at radius 1 is 1.23 bits per heavy atom. The van der Waals surface area contributed by atoms with Crippen LogP contribution in [0, 0.1) is 5.92 Å². The molecule has 2 aliphatic rings. The molecule has 1 aromatic rings. The Balaban J connectivity index is 1.76. The minimum atomic E-state index is -3.77. The summed E-state index contributed by atoms with van der Waals surface area (Å²) in [5.41, 5.74) is 2.04. The number of ether oxygens (including phenoxy) is 1. The smallest absolute Gasteiger partial charge is 0.260 e. The van der Waals surface area contributed by atoms with Crippen molar-refractivity contribution in [2.45, 2.75) is 25.7 Å². The molecule has 1 fully saturated rings. The molecule has 1 unspecified atom stereocenters. The van der Waals surface area contributed by atoms with Gasteiger partial charge in [0.05, 0.1) is 17.4 Å². The highest BCUT2D eigenvalue weighted by molar-refractivity contribution is 7.94. The van der Waals surface area contributed by atoms with Crippen LogP contribution in [-0.2, 0) is 26.0 Å². The first-order chi connectivity index (χ1) is 10.6. The van der Waals surface area contributed by atoms with Gasteiger partial charge in [-0.3, -0.25) is 4.79 Å². The lowest BCUT2D eigenvalue weighted by Crippen LogP contribution is -2.39. The van der Waals surface area contributed by atoms with E-state index < -0.39 is 15.9 Å². The molecule has 3 rings (SSSR count). The van der Waals surface area contributed by atoms with Gasteiger partial charge >= 0.3 is 0 Å². The Kier molecular flexibility index (Phi) is 4.31. The number of carbonyl (C=O) groups excluding carboxylic acids is 1. The zero-order valence-electron chi connectivity index (χ0n) is 12.2. The van der Waals surface area contributed by atoms with Crippen LogP contribution in [-0.4, -0.2) is 27.5 Å². The van der Waals surface area contributed by atoms with E-state index in [-0.39, 0.29) is 10.8 Å². The second-order valence-corrected chi connectivity index (χ2v) is 7.43. The zero-order valence-corrected chi connectivity index (χ0v) is 13.1. The summed E-state index contributed by atoms with van der Waals surface area (Å²) in [6, 6.07) is 7.70. The molecule has 118 valence electrons. The highest BCUT2D eigenvalue weighted by atomic mass is 32.2. The molecule has 1 atom stereocenters. The van der Waals surface area contributed by atoms with Crippen molar-refractivity contribution in [1.82, 2.24) is 4.72 Å². The van der Waals surface area contributed by atoms with E-state index in [0.717, 1.165) is 17.5 Å². The number of fused-ring (bicyclic) bond motifs is 1. The highest BCUT2D eigenvalue weighted by Gasteiger charge is 2.28. The lowest BCUT2D eigenvalue weighted by Gasteiger charge is -2.22. The third kappa shape index (κ3) is 3.23. The summed E-state index contributed by atoms with van der Waals surface area (Å²) in [6.07, 6.45) is 4.20. The first-order valence-electron chi connectivity index (χ1n) is 7.49. The third-order valence-electron chi connectivity index (χ3n) is 4.12. The molecule has 0 spiro atoms. The van der Waals surface area contributed by atoms with Crippen LogP contribution in [0.1, 0.15) is 30.4 Å². The second kappa shape index (κ2) is 6.22. The number of allylic oxidation sites excluding steroid dienone is 1. The van der Waals surface area contributed by atoms with Crippen LogP contribution in [0.3, 0.4) is 0 Å². The van der Waals surface area contributed by atoms with Crippen LogP contribution in [0.5, 0.6) is 0 Å². The molecule has 1 saturated heterocycles. The Bertz CT molecular complexity index is 703. The minimum Gasteiger partial charge on any atom is -0.381 e. The standard InChI is InChI=1S/C16H19NO4S/c18-16(14-6-3-9-21-11-14)17-22(19,20)15-8-7-12-4-1-2-5-13(12)10-15/h1-2,4-5,10,14H,3,6-9,11H2,(H,17,18). The summed E-state index contributed by atoms with van der Waals surface area (Å²) in [5.74, 6) is -0.834. The number of carbonyl (C=O) groups is 1. The molecular formula is C16H19NO4S. The van der Waals surface area contributed by atoms with Gasteiger partial charge < -0.3 is 4.74 Å². The molecule has 22 heavy (non-hydrogen) atoms. The fourth-order valence-corrected chi connectivity index (χ4v) is 4.06. The van der Waals surface area contributed by atoms with E-state index in [4.69, 9.17) is 4.74 Å². The van der Waals surface area contributed by atoms with Crippen molar-refractivity contribution in [2.24, 2.45) is 5.92 Å². The fraction of sp³-hybridized carbons (Fsp3) is 0.438. The van der Waals surface area contributed by atoms with Gasteiger partial charge in [-0.05, 0) is 42.9 Å². The first-order valence-corrected chi connectivity index (χ1v) is 8.97. The SMILES string of the molecule is O=C(NS(=O)(=O)C1=Cc2ccccc2CC1)C1CCCOC1. The van der Waals surface area contributed by atoms with Crippen LogP contribution in [0.4, 0.5) is 0 Å². The molecule has 0 bridgehead atoms. The lowest BCUT2D eigenvalue weighted by atomic mass is 9.98. The van der Waals surface area contributed by atoms with Gasteiger partial charge in [-0.25, -0.2) is 13.1 Å². The van der Waals surface area contributed by atoms with E-state index in [1.54, 1.807) is 6.08 Å². The number of benzene rings is 1. The molecular weight excluding hydrogens is 302 g/mol. The minimum absolute atomic E-state index is 0.274. The average Bonchev–Trinajstić information content (AvgIpc) is 2.55. The number of hydrogen-bond acceptors (Lipinski definition) is 4. The number of nitrogens with one attached hydrogen (secondary N) is 1. The summed E-state index contributed by atoms with van der Waals surface area (Å²) >= 11 is 0. The topological polar surface area (TPSA) is 72.5 Å². The van der Waals surface area contributed by atoms with Gasteiger partial charge in [0.2, 0.25) is 5.91 Å². The van der Waals surface area contributed by atoms with E-state index in [2.05, 4.69) is 4.72 Å². The summed E-state index contributed by atoms with van der Waals surface area (Å²) in [4.78, 5) is 12.4. The molecule has 1 aliphatic carbocycles. The maximum absolute atomic E-state index is 12.4. The largest absolute Gasteiger partial charge is 0.381 e.